The van der Waals surface area contributed by atoms with Gasteiger partial charge in [-0.1, -0.05) is 12.1 Å². The topological polar surface area (TPSA) is 88.2 Å². The van der Waals surface area contributed by atoms with E-state index in [1.54, 1.807) is 24.3 Å². The molecule has 2 heterocycles. The molecule has 1 unspecified atom stereocenters. The number of fused-ring (bicyclic) bond motifs is 1. The summed E-state index contributed by atoms with van der Waals surface area (Å²) in [6.45, 7) is 0. The molecule has 1 aromatic carbocycles. The van der Waals surface area contributed by atoms with Gasteiger partial charge in [0, 0.05) is 12.0 Å². The largest absolute Gasteiger partial charge is 0.508 e. The number of benzene rings is 1. The molecule has 1 aliphatic heterocycles. The lowest BCUT2D eigenvalue weighted by atomic mass is 10.1. The quantitative estimate of drug-likeness (QED) is 0.855. The number of carboxylic acid groups (broad SMARTS) is 1. The number of aromatic hydroxyl groups is 1. The minimum absolute atomic E-state index is 0.139. The van der Waals surface area contributed by atoms with Crippen LogP contribution in [0.3, 0.4) is 0 Å². The summed E-state index contributed by atoms with van der Waals surface area (Å²) in [7, 11) is 0. The average molecular weight is 259 g/mol. The Morgan fingerprint density at radius 2 is 2.26 bits per heavy atom. The molecule has 6 nitrogen and oxygen atoms in total. The van der Waals surface area contributed by atoms with Gasteiger partial charge in [0.25, 0.3) is 0 Å². The van der Waals surface area contributed by atoms with Crippen molar-refractivity contribution in [1.82, 2.24) is 14.8 Å². The molecule has 0 aliphatic carbocycles. The van der Waals surface area contributed by atoms with Gasteiger partial charge in [-0.25, -0.2) is 14.5 Å². The first-order valence-electron chi connectivity index (χ1n) is 6.13. The van der Waals surface area contributed by atoms with E-state index in [9.17, 15) is 15.0 Å². The van der Waals surface area contributed by atoms with E-state index in [1.807, 2.05) is 0 Å². The molecule has 0 amide bonds. The van der Waals surface area contributed by atoms with Gasteiger partial charge in [0.2, 0.25) is 0 Å². The molecule has 0 saturated carbocycles. The van der Waals surface area contributed by atoms with Crippen molar-refractivity contribution in [1.29, 1.82) is 0 Å². The highest BCUT2D eigenvalue weighted by molar-refractivity contribution is 5.72. The van der Waals surface area contributed by atoms with Crippen molar-refractivity contribution >= 4 is 5.97 Å². The monoisotopic (exact) mass is 259 g/mol. The number of aliphatic carboxylic acids is 1. The number of carboxylic acids is 1. The molecule has 0 saturated heterocycles. The molecule has 3 rings (SSSR count). The standard InChI is InChI=1S/C13H13N3O3/c17-9-4-1-3-8(7-9)12-14-11-6-2-5-10(13(18)19)16(11)15-12/h1,3-4,7,10,17H,2,5-6H2,(H,18,19). The fourth-order valence-electron chi connectivity index (χ4n) is 2.35. The Morgan fingerprint density at radius 1 is 1.42 bits per heavy atom. The maximum absolute atomic E-state index is 11.2. The van der Waals surface area contributed by atoms with Crippen LogP contribution in [0.15, 0.2) is 24.3 Å². The summed E-state index contributed by atoms with van der Waals surface area (Å²) >= 11 is 0. The van der Waals surface area contributed by atoms with Crippen LogP contribution in [-0.4, -0.2) is 30.9 Å². The van der Waals surface area contributed by atoms with E-state index in [0.717, 1.165) is 12.8 Å². The Labute approximate surface area is 109 Å². The van der Waals surface area contributed by atoms with Crippen LogP contribution in [-0.2, 0) is 11.2 Å². The second-order valence-electron chi connectivity index (χ2n) is 4.59. The number of aryl methyl sites for hydroxylation is 1. The number of hydrogen-bond donors (Lipinski definition) is 2. The van der Waals surface area contributed by atoms with E-state index in [0.29, 0.717) is 23.6 Å². The third-order valence-corrected chi connectivity index (χ3v) is 3.26. The van der Waals surface area contributed by atoms with Crippen LogP contribution in [0.1, 0.15) is 24.7 Å². The van der Waals surface area contributed by atoms with Gasteiger partial charge >= 0.3 is 5.97 Å². The number of hydrogen-bond acceptors (Lipinski definition) is 4. The summed E-state index contributed by atoms with van der Waals surface area (Å²) < 4.78 is 1.49. The molecule has 19 heavy (non-hydrogen) atoms. The van der Waals surface area contributed by atoms with E-state index >= 15 is 0 Å². The van der Waals surface area contributed by atoms with Gasteiger partial charge in [-0.05, 0) is 25.0 Å². The van der Waals surface area contributed by atoms with Crippen molar-refractivity contribution < 1.29 is 15.0 Å². The minimum atomic E-state index is -0.881. The fourth-order valence-corrected chi connectivity index (χ4v) is 2.35. The number of aromatic nitrogens is 3. The highest BCUT2D eigenvalue weighted by Gasteiger charge is 2.28. The molecule has 0 radical (unpaired) electrons. The number of nitrogens with zero attached hydrogens (tertiary/aromatic N) is 3. The fraction of sp³-hybridized carbons (Fsp3) is 0.308. The van der Waals surface area contributed by atoms with Crippen molar-refractivity contribution in [2.75, 3.05) is 0 Å². The lowest BCUT2D eigenvalue weighted by Crippen LogP contribution is -2.25. The highest BCUT2D eigenvalue weighted by Crippen LogP contribution is 2.27. The van der Waals surface area contributed by atoms with Crippen LogP contribution in [0.25, 0.3) is 11.4 Å². The molecule has 6 heteroatoms. The summed E-state index contributed by atoms with van der Waals surface area (Å²) in [5, 5.41) is 22.9. The summed E-state index contributed by atoms with van der Waals surface area (Å²) in [6.07, 6.45) is 2.11. The Kier molecular flexibility index (Phi) is 2.70. The number of rotatable bonds is 2. The van der Waals surface area contributed by atoms with Crippen molar-refractivity contribution in [3.63, 3.8) is 0 Å². The Morgan fingerprint density at radius 3 is 3.00 bits per heavy atom. The van der Waals surface area contributed by atoms with Crippen molar-refractivity contribution in [2.45, 2.75) is 25.3 Å². The molecule has 98 valence electrons. The average Bonchev–Trinajstić information content (AvgIpc) is 2.82. The van der Waals surface area contributed by atoms with Crippen molar-refractivity contribution in [3.05, 3.63) is 30.1 Å². The van der Waals surface area contributed by atoms with Crippen LogP contribution in [0.2, 0.25) is 0 Å². The van der Waals surface area contributed by atoms with E-state index in [2.05, 4.69) is 10.1 Å². The van der Waals surface area contributed by atoms with Crippen LogP contribution in [0.5, 0.6) is 5.75 Å². The molecule has 2 N–H and O–H groups in total. The van der Waals surface area contributed by atoms with Crippen LogP contribution >= 0.6 is 0 Å². The predicted octanol–water partition coefficient (Wildman–Crippen LogP) is 1.61. The zero-order valence-corrected chi connectivity index (χ0v) is 10.2. The lowest BCUT2D eigenvalue weighted by molar-refractivity contribution is -0.141. The molecule has 0 spiro atoms. The second-order valence-corrected chi connectivity index (χ2v) is 4.59. The highest BCUT2D eigenvalue weighted by atomic mass is 16.4. The predicted molar refractivity (Wildman–Crippen MR) is 66.7 cm³/mol. The third kappa shape index (κ3) is 2.05. The molecule has 1 aromatic heterocycles. The zero-order chi connectivity index (χ0) is 13.4. The molecular formula is C13H13N3O3. The first kappa shape index (κ1) is 11.7. The van der Waals surface area contributed by atoms with Crippen molar-refractivity contribution in [3.8, 4) is 17.1 Å². The van der Waals surface area contributed by atoms with Gasteiger partial charge < -0.3 is 10.2 Å². The summed E-state index contributed by atoms with van der Waals surface area (Å²) in [5.74, 6) is 0.407. The van der Waals surface area contributed by atoms with Gasteiger partial charge in [0.05, 0.1) is 0 Å². The summed E-state index contributed by atoms with van der Waals surface area (Å²) in [4.78, 5) is 15.6. The molecule has 0 fully saturated rings. The zero-order valence-electron chi connectivity index (χ0n) is 10.2. The third-order valence-electron chi connectivity index (χ3n) is 3.26. The molecular weight excluding hydrogens is 246 g/mol. The van der Waals surface area contributed by atoms with Gasteiger partial charge in [0.1, 0.15) is 11.6 Å². The van der Waals surface area contributed by atoms with Gasteiger partial charge in [-0.3, -0.25) is 0 Å². The Bertz CT molecular complexity index is 636. The van der Waals surface area contributed by atoms with Crippen LogP contribution < -0.4 is 0 Å². The van der Waals surface area contributed by atoms with E-state index in [-0.39, 0.29) is 5.75 Å². The summed E-state index contributed by atoms with van der Waals surface area (Å²) in [6, 6.07) is 6.00. The Balaban J connectivity index is 2.04. The van der Waals surface area contributed by atoms with E-state index in [4.69, 9.17) is 0 Å². The summed E-state index contributed by atoms with van der Waals surface area (Å²) in [5.41, 5.74) is 0.686. The lowest BCUT2D eigenvalue weighted by Gasteiger charge is -2.19. The number of phenols is 1. The van der Waals surface area contributed by atoms with E-state index < -0.39 is 12.0 Å². The first-order valence-corrected chi connectivity index (χ1v) is 6.13. The van der Waals surface area contributed by atoms with Gasteiger partial charge in [0.15, 0.2) is 11.9 Å². The maximum Gasteiger partial charge on any atom is 0.328 e. The van der Waals surface area contributed by atoms with E-state index in [1.165, 1.54) is 4.68 Å². The second kappa shape index (κ2) is 4.38. The minimum Gasteiger partial charge on any atom is -0.508 e. The number of carbonyl (C=O) groups is 1. The SMILES string of the molecule is O=C(O)C1CCCc2nc(-c3cccc(O)c3)nn21. The maximum atomic E-state index is 11.2. The molecule has 1 atom stereocenters. The van der Waals surface area contributed by atoms with Crippen LogP contribution in [0, 0.1) is 0 Å². The van der Waals surface area contributed by atoms with Gasteiger partial charge in [-0.15, -0.1) is 5.10 Å². The van der Waals surface area contributed by atoms with Crippen molar-refractivity contribution in [2.24, 2.45) is 0 Å². The van der Waals surface area contributed by atoms with Gasteiger partial charge in [-0.2, -0.15) is 0 Å². The normalized spacial score (nSPS) is 18.0. The smallest absolute Gasteiger partial charge is 0.328 e. The van der Waals surface area contributed by atoms with Crippen LogP contribution in [0.4, 0.5) is 0 Å². The molecule has 0 bridgehead atoms. The Hall–Kier alpha value is -2.37. The molecule has 1 aliphatic rings. The first-order chi connectivity index (χ1) is 9.15. The molecule has 2 aromatic rings. The number of phenolic OH excluding ortho intramolecular Hbond substituents is 1.